The minimum Gasteiger partial charge on any atom is -0.339 e. The van der Waals surface area contributed by atoms with Crippen LogP contribution < -0.4 is 0 Å². The number of amides is 4. The van der Waals surface area contributed by atoms with Crippen LogP contribution in [0.3, 0.4) is 0 Å². The van der Waals surface area contributed by atoms with E-state index < -0.39 is 0 Å². The molecule has 2 aliphatic heterocycles. The Morgan fingerprint density at radius 3 is 2.03 bits per heavy atom. The molecule has 2 heterocycles. The van der Waals surface area contributed by atoms with Crippen LogP contribution in [0.1, 0.15) is 82.4 Å². The van der Waals surface area contributed by atoms with Gasteiger partial charge in [-0.2, -0.15) is 0 Å². The van der Waals surface area contributed by atoms with Crippen LogP contribution in [0.15, 0.2) is 18.2 Å². The topological polar surface area (TPSA) is 78.0 Å². The first-order chi connectivity index (χ1) is 15.0. The second kappa shape index (κ2) is 8.09. The van der Waals surface area contributed by atoms with Crippen molar-refractivity contribution >= 4 is 23.6 Å². The van der Waals surface area contributed by atoms with Gasteiger partial charge in [0.2, 0.25) is 5.91 Å². The summed E-state index contributed by atoms with van der Waals surface area (Å²) in [5, 5.41) is 0. The van der Waals surface area contributed by atoms with Gasteiger partial charge in [-0.05, 0) is 43.9 Å². The van der Waals surface area contributed by atoms with Gasteiger partial charge >= 0.3 is 0 Å². The second-order valence-corrected chi connectivity index (χ2v) is 9.28. The van der Waals surface area contributed by atoms with Gasteiger partial charge < -0.3 is 9.80 Å². The summed E-state index contributed by atoms with van der Waals surface area (Å²) in [6.07, 6.45) is 8.05. The summed E-state index contributed by atoms with van der Waals surface area (Å²) in [6, 6.07) is 4.85. The first kappa shape index (κ1) is 20.2. The van der Waals surface area contributed by atoms with E-state index in [1.165, 1.54) is 4.90 Å². The lowest BCUT2D eigenvalue weighted by atomic mass is 9.84. The molecule has 0 radical (unpaired) electrons. The minimum atomic E-state index is -0.266. The van der Waals surface area contributed by atoms with E-state index in [0.29, 0.717) is 42.9 Å². The fraction of sp³-hybridized carbons (Fsp3) is 0.583. The zero-order valence-electron chi connectivity index (χ0n) is 17.8. The maximum Gasteiger partial charge on any atom is 0.261 e. The molecular weight excluding hydrogens is 394 g/mol. The van der Waals surface area contributed by atoms with E-state index in [9.17, 15) is 19.2 Å². The molecule has 0 aromatic heterocycles. The lowest BCUT2D eigenvalue weighted by Gasteiger charge is -2.38. The average molecular weight is 424 g/mol. The Balaban J connectivity index is 1.27. The van der Waals surface area contributed by atoms with E-state index >= 15 is 0 Å². The normalized spacial score (nSPS) is 22.5. The van der Waals surface area contributed by atoms with Crippen LogP contribution in [0.25, 0.3) is 0 Å². The molecular formula is C24H29N3O4. The fourth-order valence-electron chi connectivity index (χ4n) is 5.29. The summed E-state index contributed by atoms with van der Waals surface area (Å²) in [5.74, 6) is -0.237. The fourth-order valence-corrected chi connectivity index (χ4v) is 5.29. The molecule has 2 saturated carbocycles. The number of rotatable bonds is 3. The van der Waals surface area contributed by atoms with Crippen molar-refractivity contribution in [3.05, 3.63) is 34.9 Å². The number of carbonyl (C=O) groups excluding carboxylic acids is 4. The number of carbonyl (C=O) groups is 4. The smallest absolute Gasteiger partial charge is 0.261 e. The van der Waals surface area contributed by atoms with Crippen LogP contribution in [0.5, 0.6) is 0 Å². The highest BCUT2D eigenvalue weighted by Crippen LogP contribution is 2.32. The van der Waals surface area contributed by atoms with Crippen molar-refractivity contribution in [2.24, 2.45) is 5.92 Å². The quantitative estimate of drug-likeness (QED) is 0.701. The van der Waals surface area contributed by atoms with E-state index in [0.717, 1.165) is 51.4 Å². The van der Waals surface area contributed by atoms with Crippen LogP contribution >= 0.6 is 0 Å². The average Bonchev–Trinajstić information content (AvgIpc) is 3.02. The molecule has 164 valence electrons. The number of hydrogen-bond donors (Lipinski definition) is 0. The Hall–Kier alpha value is -2.70. The number of fused-ring (bicyclic) bond motifs is 1. The summed E-state index contributed by atoms with van der Waals surface area (Å²) in [7, 11) is 0. The van der Waals surface area contributed by atoms with E-state index in [-0.39, 0.29) is 35.6 Å². The Bertz CT molecular complexity index is 925. The standard InChI is InChI=1S/C24H29N3O4/c28-21(16-5-4-6-16)25-11-13-26(14-12-25)22(29)17-9-10-19-20(15-17)24(31)27(23(19)30)18-7-2-1-3-8-18/h9-10,15-16,18H,1-8,11-14H2. The van der Waals surface area contributed by atoms with Gasteiger partial charge in [0.25, 0.3) is 17.7 Å². The highest BCUT2D eigenvalue weighted by molar-refractivity contribution is 6.22. The monoisotopic (exact) mass is 423 g/mol. The predicted octanol–water partition coefficient (Wildman–Crippen LogP) is 2.70. The van der Waals surface area contributed by atoms with Crippen molar-refractivity contribution in [3.8, 4) is 0 Å². The predicted molar refractivity (Wildman–Crippen MR) is 114 cm³/mol. The second-order valence-electron chi connectivity index (χ2n) is 9.28. The molecule has 0 spiro atoms. The first-order valence-electron chi connectivity index (χ1n) is 11.6. The summed E-state index contributed by atoms with van der Waals surface area (Å²) in [4.78, 5) is 56.4. The van der Waals surface area contributed by atoms with Gasteiger partial charge in [-0.3, -0.25) is 24.1 Å². The molecule has 2 aliphatic carbocycles. The van der Waals surface area contributed by atoms with Gasteiger partial charge in [0.1, 0.15) is 0 Å². The van der Waals surface area contributed by atoms with E-state index in [1.54, 1.807) is 23.1 Å². The summed E-state index contributed by atoms with van der Waals surface area (Å²) in [5.41, 5.74) is 1.19. The molecule has 1 saturated heterocycles. The Labute approximate surface area is 182 Å². The summed E-state index contributed by atoms with van der Waals surface area (Å²) < 4.78 is 0. The third kappa shape index (κ3) is 3.54. The van der Waals surface area contributed by atoms with Crippen LogP contribution in [-0.4, -0.2) is 70.5 Å². The molecule has 3 fully saturated rings. The minimum absolute atomic E-state index is 0.0263. The van der Waals surface area contributed by atoms with Crippen LogP contribution in [0.2, 0.25) is 0 Å². The highest BCUT2D eigenvalue weighted by atomic mass is 16.2. The molecule has 7 heteroatoms. The van der Waals surface area contributed by atoms with Gasteiger partial charge in [0.15, 0.2) is 0 Å². The van der Waals surface area contributed by atoms with Crippen LogP contribution in [0.4, 0.5) is 0 Å². The third-order valence-corrected chi connectivity index (χ3v) is 7.44. The lowest BCUT2D eigenvalue weighted by Crippen LogP contribution is -2.52. The zero-order valence-corrected chi connectivity index (χ0v) is 17.8. The maximum atomic E-state index is 13.1. The van der Waals surface area contributed by atoms with Gasteiger partial charge in [-0.1, -0.05) is 25.7 Å². The lowest BCUT2D eigenvalue weighted by molar-refractivity contribution is -0.139. The molecule has 31 heavy (non-hydrogen) atoms. The zero-order chi connectivity index (χ0) is 21.5. The molecule has 1 aromatic rings. The SMILES string of the molecule is O=C(c1ccc2c(c1)C(=O)N(C1CCCCC1)C2=O)N1CCN(C(=O)C2CCC2)CC1. The molecule has 0 atom stereocenters. The first-order valence-corrected chi connectivity index (χ1v) is 11.6. The molecule has 4 aliphatic rings. The van der Waals surface area contributed by atoms with Crippen molar-refractivity contribution in [3.63, 3.8) is 0 Å². The number of imide groups is 1. The summed E-state index contributed by atoms with van der Waals surface area (Å²) in [6.45, 7) is 2.10. The van der Waals surface area contributed by atoms with Crippen molar-refractivity contribution < 1.29 is 19.2 Å². The van der Waals surface area contributed by atoms with E-state index in [4.69, 9.17) is 0 Å². The van der Waals surface area contributed by atoms with Crippen molar-refractivity contribution in [1.82, 2.24) is 14.7 Å². The molecule has 0 N–H and O–H groups in total. The Kier molecular flexibility index (Phi) is 5.28. The Morgan fingerprint density at radius 2 is 1.39 bits per heavy atom. The molecule has 7 nitrogen and oxygen atoms in total. The molecule has 4 amide bonds. The van der Waals surface area contributed by atoms with Gasteiger partial charge in [0.05, 0.1) is 11.1 Å². The number of piperazine rings is 1. The summed E-state index contributed by atoms with van der Waals surface area (Å²) >= 11 is 0. The molecule has 0 unspecified atom stereocenters. The van der Waals surface area contributed by atoms with Crippen LogP contribution in [-0.2, 0) is 4.79 Å². The van der Waals surface area contributed by atoms with Crippen LogP contribution in [0, 0.1) is 5.92 Å². The highest BCUT2D eigenvalue weighted by Gasteiger charge is 2.41. The van der Waals surface area contributed by atoms with Crippen molar-refractivity contribution in [1.29, 1.82) is 0 Å². The van der Waals surface area contributed by atoms with Crippen molar-refractivity contribution in [2.75, 3.05) is 26.2 Å². The third-order valence-electron chi connectivity index (χ3n) is 7.44. The largest absolute Gasteiger partial charge is 0.339 e. The van der Waals surface area contributed by atoms with E-state index in [2.05, 4.69) is 0 Å². The number of benzene rings is 1. The number of hydrogen-bond acceptors (Lipinski definition) is 4. The molecule has 0 bridgehead atoms. The van der Waals surface area contributed by atoms with Crippen molar-refractivity contribution in [2.45, 2.75) is 57.4 Å². The number of nitrogens with zero attached hydrogens (tertiary/aromatic N) is 3. The van der Waals surface area contributed by atoms with Gasteiger partial charge in [-0.15, -0.1) is 0 Å². The van der Waals surface area contributed by atoms with Gasteiger partial charge in [-0.25, -0.2) is 0 Å². The van der Waals surface area contributed by atoms with Gasteiger partial charge in [0, 0.05) is 43.7 Å². The molecule has 1 aromatic carbocycles. The maximum absolute atomic E-state index is 13.1. The molecule has 5 rings (SSSR count). The van der Waals surface area contributed by atoms with E-state index in [1.807, 2.05) is 4.90 Å². The Morgan fingerprint density at radius 1 is 0.742 bits per heavy atom.